The Morgan fingerprint density at radius 3 is 1.67 bits per heavy atom. The molecule has 2 bridgehead atoms. The molecule has 0 saturated heterocycles. The summed E-state index contributed by atoms with van der Waals surface area (Å²) in [5, 5.41) is 0. The van der Waals surface area contributed by atoms with E-state index in [1.54, 1.807) is 42.5 Å². The molecule has 0 aliphatic carbocycles. The van der Waals surface area contributed by atoms with Gasteiger partial charge in [0.1, 0.15) is 0 Å². The van der Waals surface area contributed by atoms with Crippen LogP contribution in [0.1, 0.15) is 20.7 Å². The minimum Gasteiger partial charge on any atom is -0.419 e. The van der Waals surface area contributed by atoms with Gasteiger partial charge in [-0.05, 0) is 30.3 Å². The Balaban J connectivity index is 2.17. The van der Waals surface area contributed by atoms with Crippen LogP contribution in [0.3, 0.4) is 0 Å². The van der Waals surface area contributed by atoms with Crippen molar-refractivity contribution in [1.29, 1.82) is 0 Å². The van der Waals surface area contributed by atoms with Crippen molar-refractivity contribution >= 4 is 11.9 Å². The molecule has 88 valence electrons. The summed E-state index contributed by atoms with van der Waals surface area (Å²) in [7, 11) is 0. The zero-order valence-electron chi connectivity index (χ0n) is 9.25. The molecule has 0 atom stereocenters. The van der Waals surface area contributed by atoms with E-state index < -0.39 is 11.9 Å². The van der Waals surface area contributed by atoms with Crippen LogP contribution in [0, 0.1) is 0 Å². The fraction of sp³-hybridized carbons (Fsp3) is 0. The molecule has 1 aliphatic rings. The van der Waals surface area contributed by atoms with Gasteiger partial charge in [0, 0.05) is 0 Å². The largest absolute Gasteiger partial charge is 0.419 e. The van der Waals surface area contributed by atoms with Crippen molar-refractivity contribution in [3.05, 3.63) is 59.7 Å². The molecule has 3 rings (SSSR count). The van der Waals surface area contributed by atoms with Gasteiger partial charge in [-0.15, -0.1) is 0 Å². The van der Waals surface area contributed by atoms with Gasteiger partial charge in [-0.3, -0.25) is 0 Å². The summed E-state index contributed by atoms with van der Waals surface area (Å²) in [6.45, 7) is 0. The van der Waals surface area contributed by atoms with Crippen molar-refractivity contribution in [3.63, 3.8) is 0 Å². The number of esters is 2. The van der Waals surface area contributed by atoms with E-state index in [0.717, 1.165) is 0 Å². The van der Waals surface area contributed by atoms with E-state index in [-0.39, 0.29) is 11.5 Å². The summed E-state index contributed by atoms with van der Waals surface area (Å²) in [6.07, 6.45) is 0. The molecule has 0 N–H and O–H groups in total. The summed E-state index contributed by atoms with van der Waals surface area (Å²) in [5.74, 6) is -0.554. The molecule has 0 radical (unpaired) electrons. The molecule has 0 unspecified atom stereocenters. The van der Waals surface area contributed by atoms with Crippen molar-refractivity contribution in [2.45, 2.75) is 0 Å². The second-order valence-electron chi connectivity index (χ2n) is 3.81. The SMILES string of the molecule is O=C1Oc2ccccc2OC(=O)c2cccc1c2. The zero-order valence-corrected chi connectivity index (χ0v) is 9.25. The minimum atomic E-state index is -0.511. The van der Waals surface area contributed by atoms with Crippen LogP contribution in [-0.2, 0) is 0 Å². The number of fused-ring (bicyclic) bond motifs is 3. The molecular formula is C14H8O4. The van der Waals surface area contributed by atoms with Gasteiger partial charge in [0.25, 0.3) is 0 Å². The maximum atomic E-state index is 11.9. The van der Waals surface area contributed by atoms with Gasteiger partial charge in [-0.2, -0.15) is 0 Å². The van der Waals surface area contributed by atoms with Gasteiger partial charge in [-0.25, -0.2) is 9.59 Å². The van der Waals surface area contributed by atoms with Crippen LogP contribution in [0.15, 0.2) is 48.5 Å². The molecule has 2 aromatic carbocycles. The highest BCUT2D eigenvalue weighted by molar-refractivity contribution is 5.98. The van der Waals surface area contributed by atoms with Crippen molar-refractivity contribution in [2.24, 2.45) is 0 Å². The summed E-state index contributed by atoms with van der Waals surface area (Å²) in [6, 6.07) is 12.8. The Labute approximate surface area is 103 Å². The second-order valence-corrected chi connectivity index (χ2v) is 3.81. The van der Waals surface area contributed by atoms with E-state index in [2.05, 4.69) is 0 Å². The van der Waals surface area contributed by atoms with Crippen molar-refractivity contribution in [1.82, 2.24) is 0 Å². The normalized spacial score (nSPS) is 13.6. The van der Waals surface area contributed by atoms with Crippen LogP contribution in [0.25, 0.3) is 0 Å². The van der Waals surface area contributed by atoms with Crippen LogP contribution < -0.4 is 9.47 Å². The minimum absolute atomic E-state index is 0.235. The number of carbonyl (C=O) groups excluding carboxylic acids is 2. The first-order valence-corrected chi connectivity index (χ1v) is 5.37. The van der Waals surface area contributed by atoms with Gasteiger partial charge < -0.3 is 9.47 Å². The van der Waals surface area contributed by atoms with E-state index in [4.69, 9.17) is 9.47 Å². The number of para-hydroxylation sites is 2. The van der Waals surface area contributed by atoms with Crippen LogP contribution in [0.4, 0.5) is 0 Å². The smallest absolute Gasteiger partial charge is 0.343 e. The predicted octanol–water partition coefficient (Wildman–Crippen LogP) is 2.44. The molecular weight excluding hydrogens is 232 g/mol. The van der Waals surface area contributed by atoms with Crippen molar-refractivity contribution in [2.75, 3.05) is 0 Å². The predicted molar refractivity (Wildman–Crippen MR) is 62.8 cm³/mol. The molecule has 18 heavy (non-hydrogen) atoms. The summed E-state index contributed by atoms with van der Waals surface area (Å²) in [4.78, 5) is 23.7. The number of benzene rings is 2. The summed E-state index contributed by atoms with van der Waals surface area (Å²) < 4.78 is 10.4. The van der Waals surface area contributed by atoms with Crippen molar-refractivity contribution < 1.29 is 19.1 Å². The van der Waals surface area contributed by atoms with Gasteiger partial charge in [0.15, 0.2) is 11.5 Å². The van der Waals surface area contributed by atoms with E-state index >= 15 is 0 Å². The third kappa shape index (κ3) is 1.73. The van der Waals surface area contributed by atoms with E-state index in [1.165, 1.54) is 6.07 Å². The molecule has 2 aromatic rings. The molecule has 0 aromatic heterocycles. The molecule has 0 fully saturated rings. The topological polar surface area (TPSA) is 52.6 Å². The van der Waals surface area contributed by atoms with Crippen LogP contribution in [0.2, 0.25) is 0 Å². The van der Waals surface area contributed by atoms with Gasteiger partial charge >= 0.3 is 11.9 Å². The molecule has 0 saturated carbocycles. The zero-order chi connectivity index (χ0) is 12.5. The fourth-order valence-electron chi connectivity index (χ4n) is 1.71. The van der Waals surface area contributed by atoms with E-state index in [9.17, 15) is 9.59 Å². The van der Waals surface area contributed by atoms with Crippen LogP contribution in [0.5, 0.6) is 11.5 Å². The average molecular weight is 240 g/mol. The number of hydrogen-bond donors (Lipinski definition) is 0. The number of carbonyl (C=O) groups is 2. The highest BCUT2D eigenvalue weighted by atomic mass is 16.6. The lowest BCUT2D eigenvalue weighted by molar-refractivity contribution is 0.0692. The summed E-state index contributed by atoms with van der Waals surface area (Å²) in [5.41, 5.74) is 0.641. The molecule has 4 nitrogen and oxygen atoms in total. The molecule has 1 aliphatic heterocycles. The van der Waals surface area contributed by atoms with Gasteiger partial charge in [-0.1, -0.05) is 18.2 Å². The first-order valence-electron chi connectivity index (χ1n) is 5.37. The van der Waals surface area contributed by atoms with Crippen molar-refractivity contribution in [3.8, 4) is 11.5 Å². The average Bonchev–Trinajstić information content (AvgIpc) is 2.43. The number of ether oxygens (including phenoxy) is 2. The molecule has 0 amide bonds. The van der Waals surface area contributed by atoms with Gasteiger partial charge in [0.2, 0.25) is 0 Å². The first kappa shape index (κ1) is 10.5. The number of hydrogen-bond acceptors (Lipinski definition) is 4. The molecule has 0 spiro atoms. The Morgan fingerprint density at radius 2 is 1.17 bits per heavy atom. The quantitative estimate of drug-likeness (QED) is 0.524. The third-order valence-electron chi connectivity index (χ3n) is 2.59. The van der Waals surface area contributed by atoms with E-state index in [0.29, 0.717) is 11.1 Å². The Hall–Kier alpha value is -2.62. The fourth-order valence-corrected chi connectivity index (χ4v) is 1.71. The monoisotopic (exact) mass is 240 g/mol. The third-order valence-corrected chi connectivity index (χ3v) is 2.59. The number of rotatable bonds is 0. The Bertz CT molecular complexity index is 593. The van der Waals surface area contributed by atoms with Crippen LogP contribution >= 0.6 is 0 Å². The maximum Gasteiger partial charge on any atom is 0.343 e. The molecule has 4 heteroatoms. The maximum absolute atomic E-state index is 11.9. The lowest BCUT2D eigenvalue weighted by Crippen LogP contribution is -2.08. The standard InChI is InChI=1S/C14H8O4/c15-13-9-4-3-5-10(8-9)14(16)18-12-7-2-1-6-11(12)17-13/h1-8H. The van der Waals surface area contributed by atoms with E-state index in [1.807, 2.05) is 0 Å². The second kappa shape index (κ2) is 4.00. The van der Waals surface area contributed by atoms with Crippen LogP contribution in [-0.4, -0.2) is 11.9 Å². The Morgan fingerprint density at radius 1 is 0.667 bits per heavy atom. The lowest BCUT2D eigenvalue weighted by Gasteiger charge is -2.07. The highest BCUT2D eigenvalue weighted by Gasteiger charge is 2.19. The van der Waals surface area contributed by atoms with Gasteiger partial charge in [0.05, 0.1) is 11.1 Å². The summed E-state index contributed by atoms with van der Waals surface area (Å²) >= 11 is 0. The first-order chi connectivity index (χ1) is 8.74. The lowest BCUT2D eigenvalue weighted by atomic mass is 10.1. The highest BCUT2D eigenvalue weighted by Crippen LogP contribution is 2.29. The molecule has 1 heterocycles. The Kier molecular flexibility index (Phi) is 2.34.